The fraction of sp³-hybridized carbons (Fsp3) is 0.455. The first-order chi connectivity index (χ1) is 7.18. The molecule has 1 saturated heterocycles. The molecule has 0 radical (unpaired) electrons. The highest BCUT2D eigenvalue weighted by Gasteiger charge is 2.17. The van der Waals surface area contributed by atoms with Gasteiger partial charge in [-0.2, -0.15) is 0 Å². The number of piperidine rings is 1. The van der Waals surface area contributed by atoms with Gasteiger partial charge in [0.1, 0.15) is 0 Å². The average Bonchev–Trinajstić information content (AvgIpc) is 2.26. The maximum absolute atomic E-state index is 9.44. The van der Waals surface area contributed by atoms with Crippen LogP contribution in [0.2, 0.25) is 10.0 Å². The highest BCUT2D eigenvalue weighted by Crippen LogP contribution is 2.36. The normalized spacial score (nSPS) is 20.2. The van der Waals surface area contributed by atoms with E-state index < -0.39 is 0 Å². The van der Waals surface area contributed by atoms with Crippen LogP contribution in [-0.2, 0) is 0 Å². The zero-order chi connectivity index (χ0) is 10.8. The van der Waals surface area contributed by atoms with Crippen molar-refractivity contribution in [1.29, 1.82) is 0 Å². The zero-order valence-corrected chi connectivity index (χ0v) is 11.0. The van der Waals surface area contributed by atoms with Crippen LogP contribution >= 0.6 is 35.6 Å². The predicted molar refractivity (Wildman–Crippen MR) is 70.0 cm³/mol. The van der Waals surface area contributed by atoms with Crippen LogP contribution in [0.3, 0.4) is 0 Å². The Morgan fingerprint density at radius 1 is 1.19 bits per heavy atom. The van der Waals surface area contributed by atoms with Crippen molar-refractivity contribution in [3.8, 4) is 5.75 Å². The van der Waals surface area contributed by atoms with E-state index in [0.29, 0.717) is 16.1 Å². The third-order valence-electron chi connectivity index (χ3n) is 2.75. The van der Waals surface area contributed by atoms with E-state index >= 15 is 0 Å². The molecule has 0 spiro atoms. The summed E-state index contributed by atoms with van der Waals surface area (Å²) >= 11 is 11.8. The van der Waals surface area contributed by atoms with Crippen LogP contribution in [0.4, 0.5) is 0 Å². The van der Waals surface area contributed by atoms with Crippen molar-refractivity contribution < 1.29 is 5.11 Å². The Morgan fingerprint density at radius 3 is 2.31 bits per heavy atom. The van der Waals surface area contributed by atoms with Gasteiger partial charge in [-0.15, -0.1) is 12.4 Å². The molecule has 2 rings (SSSR count). The molecule has 0 bridgehead atoms. The molecule has 5 heteroatoms. The number of halogens is 3. The Balaban J connectivity index is 0.00000128. The summed E-state index contributed by atoms with van der Waals surface area (Å²) in [4.78, 5) is 0. The molecule has 1 atom stereocenters. The van der Waals surface area contributed by atoms with Gasteiger partial charge in [0, 0.05) is 6.04 Å². The summed E-state index contributed by atoms with van der Waals surface area (Å²) in [5.41, 5.74) is 1.06. The Kier molecular flexibility index (Phi) is 5.19. The van der Waals surface area contributed by atoms with Crippen LogP contribution in [0.5, 0.6) is 5.75 Å². The molecule has 90 valence electrons. The van der Waals surface area contributed by atoms with Crippen molar-refractivity contribution in [3.05, 3.63) is 27.7 Å². The van der Waals surface area contributed by atoms with Gasteiger partial charge in [-0.25, -0.2) is 0 Å². The lowest BCUT2D eigenvalue weighted by Gasteiger charge is -2.24. The Hall–Kier alpha value is -0.150. The fourth-order valence-corrected chi connectivity index (χ4v) is 2.43. The monoisotopic (exact) mass is 281 g/mol. The van der Waals surface area contributed by atoms with Gasteiger partial charge in [-0.05, 0) is 37.1 Å². The van der Waals surface area contributed by atoms with E-state index in [0.717, 1.165) is 18.5 Å². The standard InChI is InChI=1S/C11H13Cl2NO.ClH/c12-8-5-7(6-9(13)11(8)15)10-3-1-2-4-14-10;/h5-6,10,14-15H,1-4H2;1H/t10-;/m0./s1. The third kappa shape index (κ3) is 2.95. The Labute approximate surface area is 111 Å². The minimum absolute atomic E-state index is 0. The number of rotatable bonds is 1. The van der Waals surface area contributed by atoms with Gasteiger partial charge in [0.2, 0.25) is 0 Å². The molecule has 1 aliphatic heterocycles. The van der Waals surface area contributed by atoms with Gasteiger partial charge >= 0.3 is 0 Å². The van der Waals surface area contributed by atoms with Crippen molar-refractivity contribution in [2.75, 3.05) is 6.54 Å². The zero-order valence-electron chi connectivity index (χ0n) is 8.67. The summed E-state index contributed by atoms with van der Waals surface area (Å²) in [5, 5.41) is 13.5. The quantitative estimate of drug-likeness (QED) is 0.818. The van der Waals surface area contributed by atoms with Crippen LogP contribution in [0.1, 0.15) is 30.9 Å². The molecule has 1 aromatic rings. The van der Waals surface area contributed by atoms with E-state index in [1.165, 1.54) is 12.8 Å². The van der Waals surface area contributed by atoms with Gasteiger partial charge in [0.25, 0.3) is 0 Å². The molecule has 0 aromatic heterocycles. The molecule has 0 unspecified atom stereocenters. The van der Waals surface area contributed by atoms with Crippen molar-refractivity contribution >= 4 is 35.6 Å². The molecule has 16 heavy (non-hydrogen) atoms. The van der Waals surface area contributed by atoms with E-state index in [2.05, 4.69) is 5.32 Å². The lowest BCUT2D eigenvalue weighted by molar-refractivity contribution is 0.411. The number of phenols is 1. The van der Waals surface area contributed by atoms with Gasteiger partial charge < -0.3 is 10.4 Å². The molecule has 2 nitrogen and oxygen atoms in total. The number of aromatic hydroxyl groups is 1. The highest BCUT2D eigenvalue weighted by atomic mass is 35.5. The fourth-order valence-electron chi connectivity index (χ4n) is 1.92. The number of phenolic OH excluding ortho intramolecular Hbond substituents is 1. The van der Waals surface area contributed by atoms with Crippen LogP contribution in [0.15, 0.2) is 12.1 Å². The first-order valence-corrected chi connectivity index (χ1v) is 5.85. The van der Waals surface area contributed by atoms with E-state index in [9.17, 15) is 5.11 Å². The second-order valence-corrected chi connectivity index (χ2v) is 4.65. The van der Waals surface area contributed by atoms with Gasteiger partial charge in [-0.3, -0.25) is 0 Å². The maximum Gasteiger partial charge on any atom is 0.152 e. The summed E-state index contributed by atoms with van der Waals surface area (Å²) < 4.78 is 0. The summed E-state index contributed by atoms with van der Waals surface area (Å²) in [6.07, 6.45) is 3.53. The van der Waals surface area contributed by atoms with Crippen LogP contribution in [0.25, 0.3) is 0 Å². The maximum atomic E-state index is 9.44. The minimum Gasteiger partial charge on any atom is -0.505 e. The molecular weight excluding hydrogens is 268 g/mol. The number of benzene rings is 1. The smallest absolute Gasteiger partial charge is 0.152 e. The number of nitrogens with one attached hydrogen (secondary N) is 1. The van der Waals surface area contributed by atoms with Crippen LogP contribution < -0.4 is 5.32 Å². The molecule has 0 amide bonds. The lowest BCUT2D eigenvalue weighted by Crippen LogP contribution is -2.26. The molecule has 1 aromatic carbocycles. The lowest BCUT2D eigenvalue weighted by atomic mass is 9.97. The van der Waals surface area contributed by atoms with Crippen molar-refractivity contribution in [3.63, 3.8) is 0 Å². The van der Waals surface area contributed by atoms with E-state index in [4.69, 9.17) is 23.2 Å². The van der Waals surface area contributed by atoms with Gasteiger partial charge in [-0.1, -0.05) is 29.6 Å². The number of hydrogen-bond acceptors (Lipinski definition) is 2. The van der Waals surface area contributed by atoms with Crippen molar-refractivity contribution in [2.45, 2.75) is 25.3 Å². The molecule has 0 aliphatic carbocycles. The van der Waals surface area contributed by atoms with Crippen LogP contribution in [-0.4, -0.2) is 11.7 Å². The van der Waals surface area contributed by atoms with Crippen molar-refractivity contribution in [2.24, 2.45) is 0 Å². The molecule has 1 aliphatic rings. The predicted octanol–water partition coefficient (Wildman–Crippen LogP) is 3.94. The van der Waals surface area contributed by atoms with Gasteiger partial charge in [0.15, 0.2) is 5.75 Å². The topological polar surface area (TPSA) is 32.3 Å². The summed E-state index contributed by atoms with van der Waals surface area (Å²) in [5.74, 6) is -0.0297. The second-order valence-electron chi connectivity index (χ2n) is 3.84. The minimum atomic E-state index is -0.0297. The van der Waals surface area contributed by atoms with E-state index in [1.807, 2.05) is 0 Å². The molecule has 0 saturated carbocycles. The Bertz CT molecular complexity index is 341. The van der Waals surface area contributed by atoms with E-state index in [1.54, 1.807) is 12.1 Å². The molecule has 1 heterocycles. The van der Waals surface area contributed by atoms with E-state index in [-0.39, 0.29) is 18.2 Å². The van der Waals surface area contributed by atoms with Crippen molar-refractivity contribution in [1.82, 2.24) is 5.32 Å². The molecule has 1 fully saturated rings. The SMILES string of the molecule is Cl.Oc1c(Cl)cc([C@@H]2CCCCN2)cc1Cl. The summed E-state index contributed by atoms with van der Waals surface area (Å²) in [6.45, 7) is 1.03. The van der Waals surface area contributed by atoms with Crippen LogP contribution in [0, 0.1) is 0 Å². The molecule has 2 N–H and O–H groups in total. The summed E-state index contributed by atoms with van der Waals surface area (Å²) in [7, 11) is 0. The number of hydrogen-bond donors (Lipinski definition) is 2. The second kappa shape index (κ2) is 5.97. The first-order valence-electron chi connectivity index (χ1n) is 5.10. The first kappa shape index (κ1) is 13.9. The van der Waals surface area contributed by atoms with Gasteiger partial charge in [0.05, 0.1) is 10.0 Å². The average molecular weight is 283 g/mol. The summed E-state index contributed by atoms with van der Waals surface area (Å²) in [6, 6.07) is 3.88. The highest BCUT2D eigenvalue weighted by molar-refractivity contribution is 6.37. The largest absolute Gasteiger partial charge is 0.505 e. The molecular formula is C11H14Cl3NO. The Morgan fingerprint density at radius 2 is 1.81 bits per heavy atom. The third-order valence-corrected chi connectivity index (χ3v) is 3.33.